The number of nitrogen functional groups attached to an aromatic ring is 1. The Balaban J connectivity index is 1.72. The van der Waals surface area contributed by atoms with E-state index >= 15 is 0 Å². The molecule has 0 aromatic heterocycles. The Morgan fingerprint density at radius 3 is 2.33 bits per heavy atom. The molecule has 8 heteroatoms. The largest absolute Gasteiger partial charge is 0.508 e. The van der Waals surface area contributed by atoms with Crippen molar-refractivity contribution in [3.05, 3.63) is 95.0 Å². The molecule has 3 aromatic carbocycles. The van der Waals surface area contributed by atoms with Crippen molar-refractivity contribution in [1.82, 2.24) is 0 Å². The average Bonchev–Trinajstić information content (AvgIpc) is 2.80. The highest BCUT2D eigenvalue weighted by Crippen LogP contribution is 2.29. The molecular weight excluding hydrogens is 486 g/mol. The van der Waals surface area contributed by atoms with Gasteiger partial charge in [0.1, 0.15) is 11.9 Å². The minimum absolute atomic E-state index is 0.0971. The van der Waals surface area contributed by atoms with Crippen molar-refractivity contribution in [2.75, 3.05) is 16.4 Å². The molecular formula is C25H24BrN3O4. The van der Waals surface area contributed by atoms with Gasteiger partial charge in [-0.1, -0.05) is 53.2 Å². The number of para-hydroxylation sites is 2. The predicted octanol–water partition coefficient (Wildman–Crippen LogP) is 5.86. The number of halogens is 1. The van der Waals surface area contributed by atoms with Gasteiger partial charge in [-0.05, 0) is 60.2 Å². The van der Waals surface area contributed by atoms with E-state index in [0.717, 1.165) is 4.47 Å². The normalized spacial score (nSPS) is 12.7. The summed E-state index contributed by atoms with van der Waals surface area (Å²) in [5.41, 5.74) is 8.08. The van der Waals surface area contributed by atoms with E-state index in [9.17, 15) is 14.7 Å². The maximum Gasteiger partial charge on any atom is 0.412 e. The Hall–Kier alpha value is -3.78. The first kappa shape index (κ1) is 23.9. The van der Waals surface area contributed by atoms with Crippen LogP contribution >= 0.6 is 15.9 Å². The molecule has 0 aliphatic rings. The third kappa shape index (κ3) is 7.11. The van der Waals surface area contributed by atoms with Gasteiger partial charge in [-0.3, -0.25) is 10.1 Å². The quantitative estimate of drug-likeness (QED) is 0.235. The van der Waals surface area contributed by atoms with Crippen molar-refractivity contribution >= 4 is 45.0 Å². The van der Waals surface area contributed by atoms with Crippen molar-refractivity contribution < 1.29 is 19.4 Å². The van der Waals surface area contributed by atoms with E-state index in [1.165, 1.54) is 18.2 Å². The SMILES string of the molecule is C[C@@H](/C=C/C(=O)Nc1ccccc1N)[C@@H](OC(=O)Nc1ccc(Br)cc1)c1ccc(O)cc1. The topological polar surface area (TPSA) is 114 Å². The van der Waals surface area contributed by atoms with Crippen molar-refractivity contribution in [3.63, 3.8) is 0 Å². The molecule has 7 nitrogen and oxygen atoms in total. The molecule has 0 heterocycles. The number of phenols is 1. The second-order valence-corrected chi connectivity index (χ2v) is 8.26. The average molecular weight is 510 g/mol. The van der Waals surface area contributed by atoms with Crippen molar-refractivity contribution in [3.8, 4) is 5.75 Å². The van der Waals surface area contributed by atoms with E-state index in [1.54, 1.807) is 66.7 Å². The first-order valence-electron chi connectivity index (χ1n) is 10.2. The highest BCUT2D eigenvalue weighted by Gasteiger charge is 2.22. The number of hydrogen-bond donors (Lipinski definition) is 4. The lowest BCUT2D eigenvalue weighted by molar-refractivity contribution is -0.111. The molecule has 0 bridgehead atoms. The zero-order valence-electron chi connectivity index (χ0n) is 17.9. The van der Waals surface area contributed by atoms with Gasteiger partial charge in [0.25, 0.3) is 0 Å². The van der Waals surface area contributed by atoms with Gasteiger partial charge in [0.05, 0.1) is 11.4 Å². The molecule has 0 saturated carbocycles. The summed E-state index contributed by atoms with van der Waals surface area (Å²) in [5.74, 6) is -0.618. The highest BCUT2D eigenvalue weighted by atomic mass is 79.9. The lowest BCUT2D eigenvalue weighted by atomic mass is 9.96. The van der Waals surface area contributed by atoms with Crippen LogP contribution in [-0.4, -0.2) is 17.1 Å². The fourth-order valence-corrected chi connectivity index (χ4v) is 3.33. The molecule has 0 unspecified atom stereocenters. The van der Waals surface area contributed by atoms with Gasteiger partial charge < -0.3 is 20.9 Å². The number of benzene rings is 3. The van der Waals surface area contributed by atoms with Crippen LogP contribution in [0.5, 0.6) is 5.75 Å². The van der Waals surface area contributed by atoms with Crippen molar-refractivity contribution in [1.29, 1.82) is 0 Å². The zero-order valence-corrected chi connectivity index (χ0v) is 19.5. The number of carbonyl (C=O) groups is 2. The molecule has 2 amide bonds. The summed E-state index contributed by atoms with van der Waals surface area (Å²) in [6.07, 6.45) is 1.68. The fraction of sp³-hybridized carbons (Fsp3) is 0.120. The van der Waals surface area contributed by atoms with Crippen LogP contribution in [0.4, 0.5) is 21.9 Å². The Kier molecular flexibility index (Phi) is 8.10. The van der Waals surface area contributed by atoms with Crippen molar-refractivity contribution in [2.24, 2.45) is 5.92 Å². The smallest absolute Gasteiger partial charge is 0.412 e. The van der Waals surface area contributed by atoms with E-state index in [1.807, 2.05) is 6.92 Å². The molecule has 0 radical (unpaired) electrons. The number of nitrogens with two attached hydrogens (primary N) is 1. The van der Waals surface area contributed by atoms with Gasteiger partial charge >= 0.3 is 6.09 Å². The van der Waals surface area contributed by atoms with E-state index in [-0.39, 0.29) is 17.6 Å². The van der Waals surface area contributed by atoms with Crippen LogP contribution in [0, 0.1) is 5.92 Å². The lowest BCUT2D eigenvalue weighted by Crippen LogP contribution is -2.21. The minimum Gasteiger partial charge on any atom is -0.508 e. The number of hydrogen-bond acceptors (Lipinski definition) is 5. The van der Waals surface area contributed by atoms with Gasteiger partial charge in [-0.25, -0.2) is 4.79 Å². The lowest BCUT2D eigenvalue weighted by Gasteiger charge is -2.23. The summed E-state index contributed by atoms with van der Waals surface area (Å²) in [6, 6.07) is 20.4. The molecule has 170 valence electrons. The molecule has 3 aromatic rings. The van der Waals surface area contributed by atoms with Crippen LogP contribution in [0.1, 0.15) is 18.6 Å². The van der Waals surface area contributed by atoms with Gasteiger partial charge in [-0.2, -0.15) is 0 Å². The van der Waals surface area contributed by atoms with Crippen LogP contribution in [0.25, 0.3) is 0 Å². The number of carbonyl (C=O) groups excluding carboxylic acids is 2. The number of anilines is 3. The summed E-state index contributed by atoms with van der Waals surface area (Å²) in [6.45, 7) is 1.82. The summed E-state index contributed by atoms with van der Waals surface area (Å²) in [7, 11) is 0. The molecule has 5 N–H and O–H groups in total. The van der Waals surface area contributed by atoms with Gasteiger partial charge in [-0.15, -0.1) is 0 Å². The van der Waals surface area contributed by atoms with Crippen LogP contribution in [-0.2, 0) is 9.53 Å². The number of ether oxygens (including phenoxy) is 1. The number of rotatable bonds is 7. The van der Waals surface area contributed by atoms with Crippen LogP contribution in [0.3, 0.4) is 0 Å². The van der Waals surface area contributed by atoms with E-state index in [4.69, 9.17) is 10.5 Å². The molecule has 2 atom stereocenters. The molecule has 0 fully saturated rings. The number of amides is 2. The van der Waals surface area contributed by atoms with E-state index in [2.05, 4.69) is 26.6 Å². The van der Waals surface area contributed by atoms with Crippen LogP contribution in [0.2, 0.25) is 0 Å². The van der Waals surface area contributed by atoms with Gasteiger partial charge in [0, 0.05) is 16.1 Å². The van der Waals surface area contributed by atoms with Crippen LogP contribution < -0.4 is 16.4 Å². The zero-order chi connectivity index (χ0) is 23.8. The third-order valence-corrected chi connectivity index (χ3v) is 5.32. The summed E-state index contributed by atoms with van der Waals surface area (Å²) in [5, 5.41) is 15.0. The Morgan fingerprint density at radius 2 is 1.67 bits per heavy atom. The Morgan fingerprint density at radius 1 is 1.00 bits per heavy atom. The van der Waals surface area contributed by atoms with E-state index in [0.29, 0.717) is 22.6 Å². The number of nitrogens with one attached hydrogen (secondary N) is 2. The highest BCUT2D eigenvalue weighted by molar-refractivity contribution is 9.10. The number of aromatic hydroxyl groups is 1. The first-order valence-corrected chi connectivity index (χ1v) is 11.0. The summed E-state index contributed by atoms with van der Waals surface area (Å²) >= 11 is 3.35. The standard InChI is InChI=1S/C25H24BrN3O4/c1-16(6-15-23(31)29-22-5-3-2-4-21(22)27)24(17-7-13-20(30)14-8-17)33-25(32)28-19-11-9-18(26)10-12-19/h2-16,24,30H,27H2,1H3,(H,28,32)(H,29,31)/b15-6+/t16-,24+/m0/s1. The fourth-order valence-electron chi connectivity index (χ4n) is 3.06. The predicted molar refractivity (Wildman–Crippen MR) is 133 cm³/mol. The summed E-state index contributed by atoms with van der Waals surface area (Å²) < 4.78 is 6.58. The second-order valence-electron chi connectivity index (χ2n) is 7.34. The molecule has 33 heavy (non-hydrogen) atoms. The Labute approximate surface area is 200 Å². The second kappa shape index (κ2) is 11.2. The third-order valence-electron chi connectivity index (χ3n) is 4.79. The monoisotopic (exact) mass is 509 g/mol. The maximum atomic E-state index is 12.6. The van der Waals surface area contributed by atoms with Gasteiger partial charge in [0.15, 0.2) is 0 Å². The Bertz CT molecular complexity index is 1130. The van der Waals surface area contributed by atoms with Crippen molar-refractivity contribution in [2.45, 2.75) is 13.0 Å². The molecule has 0 aliphatic carbocycles. The molecule has 0 spiro atoms. The minimum atomic E-state index is -0.702. The van der Waals surface area contributed by atoms with Gasteiger partial charge in [0.2, 0.25) is 5.91 Å². The first-order chi connectivity index (χ1) is 15.8. The molecule has 3 rings (SSSR count). The number of phenolic OH excluding ortho intramolecular Hbond substituents is 1. The molecule has 0 saturated heterocycles. The van der Waals surface area contributed by atoms with Crippen LogP contribution in [0.15, 0.2) is 89.4 Å². The maximum absolute atomic E-state index is 12.6. The van der Waals surface area contributed by atoms with E-state index < -0.39 is 12.2 Å². The summed E-state index contributed by atoms with van der Waals surface area (Å²) in [4.78, 5) is 24.9. The molecule has 0 aliphatic heterocycles.